The van der Waals surface area contributed by atoms with Gasteiger partial charge < -0.3 is 14.4 Å². The third kappa shape index (κ3) is 3.35. The van der Waals surface area contributed by atoms with Crippen LogP contribution in [0.15, 0.2) is 52.7 Å². The van der Waals surface area contributed by atoms with Crippen molar-refractivity contribution in [3.63, 3.8) is 0 Å². The smallest absolute Gasteiger partial charge is 0.334 e. The van der Waals surface area contributed by atoms with Gasteiger partial charge in [0.05, 0.1) is 31.4 Å². The standard InChI is InChI=1S/C22H25NO5/c1-13-12-17(21(25)27-3)19(22(26)28-4)16-10-11-18(24)23(20(13)16)14(2)15-8-6-5-7-9-15/h5-9,14,16H,10-12H2,1-4H3/t14-,16?/m0/s1. The van der Waals surface area contributed by atoms with Gasteiger partial charge in [-0.1, -0.05) is 30.3 Å². The number of carbonyl (C=O) groups is 3. The number of benzene rings is 1. The third-order valence-corrected chi connectivity index (χ3v) is 5.56. The maximum absolute atomic E-state index is 12.9. The number of rotatable bonds is 4. The Balaban J connectivity index is 2.10. The van der Waals surface area contributed by atoms with Crippen molar-refractivity contribution in [2.75, 3.05) is 14.2 Å². The number of methoxy groups -OCH3 is 2. The number of amides is 1. The molecule has 1 saturated heterocycles. The monoisotopic (exact) mass is 383 g/mol. The van der Waals surface area contributed by atoms with Crippen LogP contribution in [-0.4, -0.2) is 37.0 Å². The Hall–Kier alpha value is -2.89. The number of nitrogens with zero attached hydrogens (tertiary/aromatic N) is 1. The van der Waals surface area contributed by atoms with Crippen molar-refractivity contribution >= 4 is 17.8 Å². The second-order valence-corrected chi connectivity index (χ2v) is 7.16. The molecule has 3 rings (SSSR count). The summed E-state index contributed by atoms with van der Waals surface area (Å²) in [6, 6.07) is 9.60. The average molecular weight is 383 g/mol. The normalized spacial score (nSPS) is 20.6. The minimum Gasteiger partial charge on any atom is -0.466 e. The summed E-state index contributed by atoms with van der Waals surface area (Å²) in [4.78, 5) is 39.6. The molecule has 0 N–H and O–H groups in total. The van der Waals surface area contributed by atoms with Crippen molar-refractivity contribution < 1.29 is 23.9 Å². The van der Waals surface area contributed by atoms with Gasteiger partial charge in [-0.2, -0.15) is 0 Å². The van der Waals surface area contributed by atoms with E-state index in [4.69, 9.17) is 9.47 Å². The summed E-state index contributed by atoms with van der Waals surface area (Å²) in [7, 11) is 2.60. The van der Waals surface area contributed by atoms with Crippen molar-refractivity contribution in [1.29, 1.82) is 0 Å². The highest BCUT2D eigenvalue weighted by atomic mass is 16.5. The Kier molecular flexibility index (Phi) is 5.68. The van der Waals surface area contributed by atoms with Gasteiger partial charge in [-0.05, 0) is 31.4 Å². The van der Waals surface area contributed by atoms with Gasteiger partial charge in [0, 0.05) is 24.5 Å². The van der Waals surface area contributed by atoms with Crippen molar-refractivity contribution in [1.82, 2.24) is 4.90 Å². The predicted molar refractivity (Wildman–Crippen MR) is 103 cm³/mol. The van der Waals surface area contributed by atoms with Crippen molar-refractivity contribution in [2.45, 2.75) is 39.2 Å². The Bertz CT molecular complexity index is 868. The van der Waals surface area contributed by atoms with Gasteiger partial charge in [0.2, 0.25) is 5.91 Å². The fourth-order valence-electron chi connectivity index (χ4n) is 4.26. The average Bonchev–Trinajstić information content (AvgIpc) is 2.72. The third-order valence-electron chi connectivity index (χ3n) is 5.56. The Morgan fingerprint density at radius 2 is 1.75 bits per heavy atom. The van der Waals surface area contributed by atoms with E-state index in [-0.39, 0.29) is 24.3 Å². The zero-order chi connectivity index (χ0) is 20.4. The number of hydrogen-bond acceptors (Lipinski definition) is 5. The van der Waals surface area contributed by atoms with Crippen molar-refractivity contribution in [3.8, 4) is 0 Å². The molecule has 1 aromatic rings. The summed E-state index contributed by atoms with van der Waals surface area (Å²) in [6.07, 6.45) is 1.02. The van der Waals surface area contributed by atoms with Crippen LogP contribution >= 0.6 is 0 Å². The first-order valence-electron chi connectivity index (χ1n) is 9.37. The molecule has 0 spiro atoms. The van der Waals surface area contributed by atoms with Crippen LogP contribution in [0.2, 0.25) is 0 Å². The van der Waals surface area contributed by atoms with E-state index in [0.717, 1.165) is 16.8 Å². The molecule has 1 unspecified atom stereocenters. The van der Waals surface area contributed by atoms with E-state index in [0.29, 0.717) is 24.0 Å². The lowest BCUT2D eigenvalue weighted by Crippen LogP contribution is -2.43. The molecule has 2 atom stereocenters. The topological polar surface area (TPSA) is 72.9 Å². The minimum absolute atomic E-state index is 0.0210. The van der Waals surface area contributed by atoms with E-state index >= 15 is 0 Å². The van der Waals surface area contributed by atoms with Crippen molar-refractivity contribution in [2.24, 2.45) is 5.92 Å². The van der Waals surface area contributed by atoms with Gasteiger partial charge in [0.25, 0.3) is 0 Å². The minimum atomic E-state index is -0.544. The van der Waals surface area contributed by atoms with Crippen LogP contribution in [0.3, 0.4) is 0 Å². The number of esters is 2. The first-order valence-corrected chi connectivity index (χ1v) is 9.37. The van der Waals surface area contributed by atoms with E-state index < -0.39 is 11.9 Å². The lowest BCUT2D eigenvalue weighted by Gasteiger charge is -2.43. The summed E-state index contributed by atoms with van der Waals surface area (Å²) in [5.41, 5.74) is 3.35. The molecule has 6 nitrogen and oxygen atoms in total. The first-order chi connectivity index (χ1) is 13.4. The van der Waals surface area contributed by atoms with Crippen LogP contribution < -0.4 is 0 Å². The van der Waals surface area contributed by atoms with Gasteiger partial charge >= 0.3 is 11.9 Å². The zero-order valence-corrected chi connectivity index (χ0v) is 16.7. The number of fused-ring (bicyclic) bond motifs is 1. The fourth-order valence-corrected chi connectivity index (χ4v) is 4.26. The largest absolute Gasteiger partial charge is 0.466 e. The molecule has 0 saturated carbocycles. The van der Waals surface area contributed by atoms with Gasteiger partial charge in [0.15, 0.2) is 0 Å². The number of piperidine rings is 1. The molecular weight excluding hydrogens is 358 g/mol. The van der Waals surface area contributed by atoms with E-state index in [2.05, 4.69) is 0 Å². The molecule has 6 heteroatoms. The highest BCUT2D eigenvalue weighted by Crippen LogP contribution is 2.45. The summed E-state index contributed by atoms with van der Waals surface area (Å²) >= 11 is 0. The first kappa shape index (κ1) is 19.9. The maximum Gasteiger partial charge on any atom is 0.334 e. The molecule has 1 aromatic carbocycles. The summed E-state index contributed by atoms with van der Waals surface area (Å²) in [5, 5.41) is 0. The summed E-state index contributed by atoms with van der Waals surface area (Å²) in [5.74, 6) is -1.41. The number of likely N-dealkylation sites (tertiary alicyclic amines) is 1. The van der Waals surface area contributed by atoms with Crippen LogP contribution in [0, 0.1) is 5.92 Å². The van der Waals surface area contributed by atoms with Crippen LogP contribution in [0.25, 0.3) is 0 Å². The molecule has 1 heterocycles. The van der Waals surface area contributed by atoms with Crippen LogP contribution in [0.4, 0.5) is 0 Å². The van der Waals surface area contributed by atoms with E-state index in [1.165, 1.54) is 14.2 Å². The maximum atomic E-state index is 12.9. The second kappa shape index (κ2) is 8.00. The molecule has 0 radical (unpaired) electrons. The van der Waals surface area contributed by atoms with Crippen LogP contribution in [0.5, 0.6) is 0 Å². The molecule has 148 valence electrons. The van der Waals surface area contributed by atoms with Gasteiger partial charge in [-0.25, -0.2) is 9.59 Å². The molecule has 0 aromatic heterocycles. The zero-order valence-electron chi connectivity index (χ0n) is 16.7. The highest BCUT2D eigenvalue weighted by molar-refractivity contribution is 6.02. The number of ether oxygens (including phenoxy) is 2. The molecular formula is C22H25NO5. The lowest BCUT2D eigenvalue weighted by molar-refractivity contribution is -0.141. The van der Waals surface area contributed by atoms with Crippen LogP contribution in [-0.2, 0) is 23.9 Å². The number of carbonyl (C=O) groups excluding carboxylic acids is 3. The lowest BCUT2D eigenvalue weighted by atomic mass is 9.76. The van der Waals surface area contributed by atoms with Gasteiger partial charge in [-0.3, -0.25) is 4.79 Å². The second-order valence-electron chi connectivity index (χ2n) is 7.16. The van der Waals surface area contributed by atoms with Crippen LogP contribution in [0.1, 0.15) is 44.7 Å². The highest BCUT2D eigenvalue weighted by Gasteiger charge is 2.44. The molecule has 2 aliphatic rings. The molecule has 28 heavy (non-hydrogen) atoms. The van der Waals surface area contributed by atoms with E-state index in [1.54, 1.807) is 4.90 Å². The molecule has 1 aliphatic carbocycles. The summed E-state index contributed by atoms with van der Waals surface area (Å²) in [6.45, 7) is 3.88. The Morgan fingerprint density at radius 3 is 2.36 bits per heavy atom. The molecule has 1 amide bonds. The summed E-state index contributed by atoms with van der Waals surface area (Å²) < 4.78 is 9.88. The van der Waals surface area contributed by atoms with Crippen molar-refractivity contribution in [3.05, 3.63) is 58.3 Å². The van der Waals surface area contributed by atoms with E-state index in [9.17, 15) is 14.4 Å². The Morgan fingerprint density at radius 1 is 1.11 bits per heavy atom. The molecule has 1 aliphatic heterocycles. The Labute approximate surface area is 164 Å². The molecule has 0 bridgehead atoms. The van der Waals surface area contributed by atoms with Gasteiger partial charge in [0.1, 0.15) is 0 Å². The number of hydrogen-bond donors (Lipinski definition) is 0. The van der Waals surface area contributed by atoms with E-state index in [1.807, 2.05) is 44.2 Å². The predicted octanol–water partition coefficient (Wildman–Crippen LogP) is 3.31. The molecule has 1 fully saturated rings. The number of allylic oxidation sites excluding steroid dienone is 2. The SMILES string of the molecule is COC(=O)C1=C(C(=O)OC)C2CCC(=O)N([C@@H](C)c3ccccc3)C2=C(C)C1. The van der Waals surface area contributed by atoms with Gasteiger partial charge in [-0.15, -0.1) is 0 Å². The fraction of sp³-hybridized carbons (Fsp3) is 0.409. The quantitative estimate of drug-likeness (QED) is 0.746.